The monoisotopic (exact) mass is 226 g/mol. The maximum absolute atomic E-state index is 10.8. The molecule has 0 aliphatic rings. The molecule has 0 aliphatic heterocycles. The van der Waals surface area contributed by atoms with Gasteiger partial charge in [-0.1, -0.05) is 0 Å². The van der Waals surface area contributed by atoms with E-state index in [4.69, 9.17) is 0 Å². The molecule has 1 aromatic carbocycles. The zero-order valence-electron chi connectivity index (χ0n) is 6.34. The first-order valence-electron chi connectivity index (χ1n) is 2.77. The molecule has 0 amide bonds. The van der Waals surface area contributed by atoms with Gasteiger partial charge in [-0.2, -0.15) is 0 Å². The van der Waals surface area contributed by atoms with Crippen LogP contribution in [0.2, 0.25) is 0 Å². The Kier molecular flexibility index (Phi) is 12.9. The number of benzene rings is 1. The SMILES string of the molecule is O=C([O][Ti+3])c1ccccc1.[F-].[F-].[F-]. The molecule has 0 spiro atoms. The van der Waals surface area contributed by atoms with Crippen molar-refractivity contribution in [2.45, 2.75) is 0 Å². The minimum absolute atomic E-state index is 0. The van der Waals surface area contributed by atoms with Gasteiger partial charge in [-0.05, 0) is 0 Å². The molecule has 0 heterocycles. The molecule has 0 saturated carbocycles. The van der Waals surface area contributed by atoms with Crippen molar-refractivity contribution in [3.05, 3.63) is 35.9 Å². The second-order valence-electron chi connectivity index (χ2n) is 1.76. The van der Waals surface area contributed by atoms with Gasteiger partial charge >= 0.3 is 70.8 Å². The maximum Gasteiger partial charge on any atom is -1.00 e. The largest absolute Gasteiger partial charge is 1.00 e. The smallest absolute Gasteiger partial charge is 1.00 e. The molecule has 0 aliphatic carbocycles. The van der Waals surface area contributed by atoms with Gasteiger partial charge in [0.15, 0.2) is 0 Å². The first-order chi connectivity index (χ1) is 4.84. The number of rotatable bonds is 1. The summed E-state index contributed by atoms with van der Waals surface area (Å²) < 4.78 is 4.50. The van der Waals surface area contributed by atoms with Crippen LogP contribution in [0.1, 0.15) is 10.4 Å². The van der Waals surface area contributed by atoms with Crippen LogP contribution in [0.4, 0.5) is 0 Å². The fourth-order valence-corrected chi connectivity index (χ4v) is 0.817. The summed E-state index contributed by atoms with van der Waals surface area (Å²) in [6.07, 6.45) is 0. The fraction of sp³-hybridized carbons (Fsp3) is 0. The average Bonchev–Trinajstić information content (AvgIpc) is 2.05. The summed E-state index contributed by atoms with van der Waals surface area (Å²) in [6.45, 7) is 0. The van der Waals surface area contributed by atoms with E-state index < -0.39 is 0 Å². The molecule has 6 heteroatoms. The summed E-state index contributed by atoms with van der Waals surface area (Å²) in [6, 6.07) is 8.88. The molecule has 0 aromatic heterocycles. The molecule has 1 rings (SSSR count). The number of halogens is 3. The van der Waals surface area contributed by atoms with Crippen molar-refractivity contribution in [1.82, 2.24) is 0 Å². The zero-order chi connectivity index (χ0) is 7.40. The van der Waals surface area contributed by atoms with Gasteiger partial charge in [-0.3, -0.25) is 0 Å². The van der Waals surface area contributed by atoms with Gasteiger partial charge in [-0.15, -0.1) is 0 Å². The third-order valence-electron chi connectivity index (χ3n) is 1.10. The van der Waals surface area contributed by atoms with Crippen LogP contribution in [0.3, 0.4) is 0 Å². The topological polar surface area (TPSA) is 26.3 Å². The molecular weight excluding hydrogens is 221 g/mol. The molecule has 0 saturated heterocycles. The molecule has 1 aromatic rings. The summed E-state index contributed by atoms with van der Waals surface area (Å²) in [4.78, 5) is 10.8. The van der Waals surface area contributed by atoms with Gasteiger partial charge in [0.25, 0.3) is 0 Å². The first-order valence-corrected chi connectivity index (χ1v) is 3.41. The van der Waals surface area contributed by atoms with Crippen LogP contribution < -0.4 is 14.1 Å². The van der Waals surface area contributed by atoms with E-state index in [2.05, 4.69) is 3.32 Å². The average molecular weight is 226 g/mol. The van der Waals surface area contributed by atoms with E-state index in [-0.39, 0.29) is 20.1 Å². The molecule has 0 unspecified atom stereocenters. The Morgan fingerprint density at radius 2 is 1.54 bits per heavy atom. The molecule has 0 atom stereocenters. The second-order valence-corrected chi connectivity index (χ2v) is 2.07. The predicted octanol–water partition coefficient (Wildman–Crippen LogP) is -7.68. The first kappa shape index (κ1) is 18.1. The van der Waals surface area contributed by atoms with Gasteiger partial charge in [0.2, 0.25) is 0 Å². The summed E-state index contributed by atoms with van der Waals surface area (Å²) in [7, 11) is 0. The van der Waals surface area contributed by atoms with Crippen molar-refractivity contribution in [3.63, 3.8) is 0 Å². The van der Waals surface area contributed by atoms with Crippen LogP contribution in [0.5, 0.6) is 0 Å². The third kappa shape index (κ3) is 5.44. The van der Waals surface area contributed by atoms with Gasteiger partial charge in [-0.25, -0.2) is 0 Å². The predicted molar refractivity (Wildman–Crippen MR) is 31.9 cm³/mol. The van der Waals surface area contributed by atoms with Gasteiger partial charge in [0.05, 0.1) is 0 Å². The molecule has 13 heavy (non-hydrogen) atoms. The Hall–Kier alpha value is -0.806. The number of hydrogen-bond donors (Lipinski definition) is 0. The normalized spacial score (nSPS) is 6.92. The van der Waals surface area contributed by atoms with Crippen molar-refractivity contribution in [2.24, 2.45) is 0 Å². The minimum atomic E-state index is -0.291. The van der Waals surface area contributed by atoms with Crippen LogP contribution in [0.25, 0.3) is 0 Å². The van der Waals surface area contributed by atoms with Crippen molar-refractivity contribution < 1.29 is 43.0 Å². The van der Waals surface area contributed by atoms with Crippen LogP contribution >= 0.6 is 0 Å². The number of carbonyl (C=O) groups is 1. The third-order valence-corrected chi connectivity index (χ3v) is 1.39. The van der Waals surface area contributed by atoms with E-state index in [1.165, 1.54) is 20.8 Å². The van der Waals surface area contributed by atoms with E-state index >= 15 is 0 Å². The van der Waals surface area contributed by atoms with Crippen LogP contribution in [-0.4, -0.2) is 5.97 Å². The van der Waals surface area contributed by atoms with E-state index in [0.29, 0.717) is 5.56 Å². The van der Waals surface area contributed by atoms with Gasteiger partial charge in [0.1, 0.15) is 0 Å². The summed E-state index contributed by atoms with van der Waals surface area (Å²) >= 11 is 1.37. The van der Waals surface area contributed by atoms with Crippen molar-refractivity contribution in [2.75, 3.05) is 0 Å². The summed E-state index contributed by atoms with van der Waals surface area (Å²) in [5.74, 6) is -0.291. The molecule has 0 fully saturated rings. The molecule has 70 valence electrons. The summed E-state index contributed by atoms with van der Waals surface area (Å²) in [5.41, 5.74) is 0.588. The van der Waals surface area contributed by atoms with E-state index in [1.807, 2.05) is 6.07 Å². The van der Waals surface area contributed by atoms with Crippen LogP contribution in [0, 0.1) is 0 Å². The quantitative estimate of drug-likeness (QED) is 0.444. The molecule has 0 bridgehead atoms. The standard InChI is InChI=1S/C7H6O2.3FH.Ti/c8-7(9)6-4-2-1-3-5-6;;;;/h1-5H,(H,8,9);3*1H;/q;;;;+4/p-4. The van der Waals surface area contributed by atoms with E-state index in [0.717, 1.165) is 0 Å². The molecule has 0 N–H and O–H groups in total. The number of carbonyl (C=O) groups excluding carboxylic acids is 1. The Morgan fingerprint density at radius 3 is 1.92 bits per heavy atom. The Labute approximate surface area is 85.3 Å². The second kappa shape index (κ2) is 9.28. The Balaban J connectivity index is -0.000000333. The fourth-order valence-electron chi connectivity index (χ4n) is 0.633. The van der Waals surface area contributed by atoms with Gasteiger partial charge < -0.3 is 14.1 Å². The minimum Gasteiger partial charge on any atom is -1.00 e. The van der Waals surface area contributed by atoms with Crippen LogP contribution in [-0.2, 0) is 24.1 Å². The molecule has 0 radical (unpaired) electrons. The van der Waals surface area contributed by atoms with Crippen molar-refractivity contribution in [1.29, 1.82) is 0 Å². The maximum atomic E-state index is 10.8. The Bertz CT molecular complexity index is 230. The van der Waals surface area contributed by atoms with E-state index in [1.54, 1.807) is 24.3 Å². The Morgan fingerprint density at radius 1 is 1.08 bits per heavy atom. The van der Waals surface area contributed by atoms with Crippen molar-refractivity contribution >= 4 is 5.97 Å². The molecule has 2 nitrogen and oxygen atoms in total. The summed E-state index contributed by atoms with van der Waals surface area (Å²) in [5, 5.41) is 0. The van der Waals surface area contributed by atoms with Crippen molar-refractivity contribution in [3.8, 4) is 0 Å². The van der Waals surface area contributed by atoms with Gasteiger partial charge in [0, 0.05) is 0 Å². The number of hydrogen-bond acceptors (Lipinski definition) is 2. The zero-order valence-corrected chi connectivity index (χ0v) is 7.90. The molecular formula is C7H5F3O2Ti. The van der Waals surface area contributed by atoms with E-state index in [9.17, 15) is 4.79 Å². The van der Waals surface area contributed by atoms with Crippen LogP contribution in [0.15, 0.2) is 30.3 Å².